The van der Waals surface area contributed by atoms with Gasteiger partial charge in [0.1, 0.15) is 17.5 Å². The molecule has 0 bridgehead atoms. The Labute approximate surface area is 123 Å². The molecule has 112 valence electrons. The van der Waals surface area contributed by atoms with Gasteiger partial charge in [0.15, 0.2) is 0 Å². The van der Waals surface area contributed by atoms with E-state index in [4.69, 9.17) is 0 Å². The number of hydrogen-bond donors (Lipinski definition) is 2. The van der Waals surface area contributed by atoms with Crippen LogP contribution in [0.2, 0.25) is 0 Å². The number of nitrogens with zero attached hydrogens (tertiary/aromatic N) is 1. The Morgan fingerprint density at radius 3 is 2.57 bits per heavy atom. The smallest absolute Gasteiger partial charge is 0.252 e. The fourth-order valence-electron chi connectivity index (χ4n) is 2.01. The number of H-pyrrole nitrogens is 1. The molecule has 0 fully saturated rings. The van der Waals surface area contributed by atoms with Gasteiger partial charge < -0.3 is 10.3 Å². The number of aryl methyl sites for hydroxylation is 1. The summed E-state index contributed by atoms with van der Waals surface area (Å²) >= 11 is 0. The molecule has 0 spiro atoms. The molecule has 1 aromatic carbocycles. The van der Waals surface area contributed by atoms with Gasteiger partial charge in [-0.25, -0.2) is 9.37 Å². The van der Waals surface area contributed by atoms with Gasteiger partial charge in [-0.15, -0.1) is 0 Å². The van der Waals surface area contributed by atoms with Crippen LogP contribution in [0.25, 0.3) is 0 Å². The summed E-state index contributed by atoms with van der Waals surface area (Å²) in [7, 11) is 0. The van der Waals surface area contributed by atoms with Gasteiger partial charge in [0.2, 0.25) is 0 Å². The molecule has 0 aliphatic rings. The van der Waals surface area contributed by atoms with Crippen LogP contribution < -0.4 is 10.9 Å². The van der Waals surface area contributed by atoms with Crippen LogP contribution in [0.1, 0.15) is 49.7 Å². The third-order valence-corrected chi connectivity index (χ3v) is 3.37. The zero-order chi connectivity index (χ0) is 15.6. The zero-order valence-electron chi connectivity index (χ0n) is 12.7. The summed E-state index contributed by atoms with van der Waals surface area (Å²) in [6.45, 7) is 7.55. The highest BCUT2D eigenvalue weighted by Crippen LogP contribution is 2.20. The van der Waals surface area contributed by atoms with Gasteiger partial charge >= 0.3 is 0 Å². The lowest BCUT2D eigenvalue weighted by atomic mass is 10.1. The molecule has 1 aromatic heterocycles. The van der Waals surface area contributed by atoms with Crippen molar-refractivity contribution in [3.8, 4) is 0 Å². The SMILES string of the molecule is Cc1ccc(C(C)Nc2cc(=O)[nH]c(C(C)C)n2)cc1F. The Morgan fingerprint density at radius 2 is 1.95 bits per heavy atom. The number of aromatic amines is 1. The molecular formula is C16H20FN3O. The third-order valence-electron chi connectivity index (χ3n) is 3.37. The summed E-state index contributed by atoms with van der Waals surface area (Å²) in [5.74, 6) is 1.03. The molecular weight excluding hydrogens is 269 g/mol. The van der Waals surface area contributed by atoms with Gasteiger partial charge in [-0.05, 0) is 31.0 Å². The summed E-state index contributed by atoms with van der Waals surface area (Å²) in [6, 6.07) is 6.38. The fourth-order valence-corrected chi connectivity index (χ4v) is 2.01. The quantitative estimate of drug-likeness (QED) is 0.905. The minimum absolute atomic E-state index is 0.131. The number of halogens is 1. The van der Waals surface area contributed by atoms with Gasteiger partial charge in [0.25, 0.3) is 5.56 Å². The first-order valence-corrected chi connectivity index (χ1v) is 7.00. The number of aromatic nitrogens is 2. The van der Waals surface area contributed by atoms with Gasteiger partial charge in [-0.1, -0.05) is 26.0 Å². The van der Waals surface area contributed by atoms with Crippen molar-refractivity contribution in [2.45, 2.75) is 39.7 Å². The van der Waals surface area contributed by atoms with Gasteiger partial charge in [-0.2, -0.15) is 0 Å². The molecule has 1 heterocycles. The van der Waals surface area contributed by atoms with E-state index in [1.807, 2.05) is 26.8 Å². The minimum atomic E-state index is -0.233. The Hall–Kier alpha value is -2.17. The molecule has 0 aliphatic carbocycles. The molecule has 2 rings (SSSR count). The van der Waals surface area contributed by atoms with E-state index in [-0.39, 0.29) is 23.3 Å². The average molecular weight is 289 g/mol. The maximum absolute atomic E-state index is 13.6. The van der Waals surface area contributed by atoms with Gasteiger partial charge in [-0.3, -0.25) is 4.79 Å². The van der Waals surface area contributed by atoms with Gasteiger partial charge in [0.05, 0.1) is 6.04 Å². The average Bonchev–Trinajstić information content (AvgIpc) is 2.41. The molecule has 0 saturated carbocycles. The highest BCUT2D eigenvalue weighted by Gasteiger charge is 2.10. The first-order chi connectivity index (χ1) is 9.86. The summed E-state index contributed by atoms with van der Waals surface area (Å²) in [5, 5.41) is 3.14. The van der Waals surface area contributed by atoms with Crippen molar-refractivity contribution in [1.82, 2.24) is 9.97 Å². The van der Waals surface area contributed by atoms with Crippen LogP contribution >= 0.6 is 0 Å². The van der Waals surface area contributed by atoms with Crippen LogP contribution in [0.4, 0.5) is 10.2 Å². The van der Waals surface area contributed by atoms with Crippen LogP contribution in [0.5, 0.6) is 0 Å². The predicted octanol–water partition coefficient (Wildman–Crippen LogP) is 3.51. The van der Waals surface area contributed by atoms with E-state index in [1.165, 1.54) is 12.1 Å². The maximum atomic E-state index is 13.6. The van der Waals surface area contributed by atoms with E-state index < -0.39 is 0 Å². The largest absolute Gasteiger partial charge is 0.363 e. The van der Waals surface area contributed by atoms with E-state index in [9.17, 15) is 9.18 Å². The standard InChI is InChI=1S/C16H20FN3O/c1-9(2)16-19-14(8-15(21)20-16)18-11(4)12-6-5-10(3)13(17)7-12/h5-9,11H,1-4H3,(H2,18,19,20,21). The molecule has 0 radical (unpaired) electrons. The monoisotopic (exact) mass is 289 g/mol. The first kappa shape index (κ1) is 15.2. The van der Waals surface area contributed by atoms with E-state index in [1.54, 1.807) is 13.0 Å². The van der Waals surface area contributed by atoms with Crippen LogP contribution in [0.15, 0.2) is 29.1 Å². The van der Waals surface area contributed by atoms with Crippen LogP contribution in [-0.4, -0.2) is 9.97 Å². The Kier molecular flexibility index (Phi) is 4.40. The summed E-state index contributed by atoms with van der Waals surface area (Å²) in [6.07, 6.45) is 0. The molecule has 4 nitrogen and oxygen atoms in total. The first-order valence-electron chi connectivity index (χ1n) is 7.00. The lowest BCUT2D eigenvalue weighted by Crippen LogP contribution is -2.16. The number of rotatable bonds is 4. The molecule has 5 heteroatoms. The van der Waals surface area contributed by atoms with E-state index in [0.29, 0.717) is 17.2 Å². The second-order valence-electron chi connectivity index (χ2n) is 5.55. The number of hydrogen-bond acceptors (Lipinski definition) is 3. The lowest BCUT2D eigenvalue weighted by molar-refractivity contribution is 0.614. The Bertz CT molecular complexity index is 694. The normalized spacial score (nSPS) is 12.5. The van der Waals surface area contributed by atoms with Crippen LogP contribution in [0.3, 0.4) is 0 Å². The van der Waals surface area contributed by atoms with Crippen molar-refractivity contribution in [3.63, 3.8) is 0 Å². The second-order valence-corrected chi connectivity index (χ2v) is 5.55. The third kappa shape index (κ3) is 3.68. The predicted molar refractivity (Wildman–Crippen MR) is 82.1 cm³/mol. The minimum Gasteiger partial charge on any atom is -0.363 e. The van der Waals surface area contributed by atoms with Crippen LogP contribution in [-0.2, 0) is 0 Å². The lowest BCUT2D eigenvalue weighted by Gasteiger charge is -2.16. The van der Waals surface area contributed by atoms with Crippen molar-refractivity contribution in [2.24, 2.45) is 0 Å². The van der Waals surface area contributed by atoms with Crippen LogP contribution in [0, 0.1) is 12.7 Å². The second kappa shape index (κ2) is 6.08. The van der Waals surface area contributed by atoms with Crippen molar-refractivity contribution < 1.29 is 4.39 Å². The summed E-state index contributed by atoms with van der Waals surface area (Å²) in [4.78, 5) is 18.7. The van der Waals surface area contributed by atoms with Crippen molar-refractivity contribution >= 4 is 5.82 Å². The van der Waals surface area contributed by atoms with Crippen molar-refractivity contribution in [1.29, 1.82) is 0 Å². The molecule has 0 aliphatic heterocycles. The van der Waals surface area contributed by atoms with E-state index in [2.05, 4.69) is 15.3 Å². The molecule has 1 atom stereocenters. The highest BCUT2D eigenvalue weighted by molar-refractivity contribution is 5.38. The molecule has 2 aromatic rings. The van der Waals surface area contributed by atoms with E-state index in [0.717, 1.165) is 5.56 Å². The molecule has 1 unspecified atom stereocenters. The number of anilines is 1. The van der Waals surface area contributed by atoms with Crippen molar-refractivity contribution in [2.75, 3.05) is 5.32 Å². The van der Waals surface area contributed by atoms with E-state index >= 15 is 0 Å². The zero-order valence-corrected chi connectivity index (χ0v) is 12.7. The molecule has 0 saturated heterocycles. The molecule has 2 N–H and O–H groups in total. The number of nitrogens with one attached hydrogen (secondary N) is 2. The molecule has 0 amide bonds. The topological polar surface area (TPSA) is 57.8 Å². The molecule has 21 heavy (non-hydrogen) atoms. The summed E-state index contributed by atoms with van der Waals surface area (Å²) < 4.78 is 13.6. The highest BCUT2D eigenvalue weighted by atomic mass is 19.1. The Balaban J connectivity index is 2.24. The summed E-state index contributed by atoms with van der Waals surface area (Å²) in [5.41, 5.74) is 1.23. The van der Waals surface area contributed by atoms with Gasteiger partial charge in [0, 0.05) is 12.0 Å². The maximum Gasteiger partial charge on any atom is 0.252 e. The van der Waals surface area contributed by atoms with Crippen molar-refractivity contribution in [3.05, 3.63) is 57.4 Å². The Morgan fingerprint density at radius 1 is 1.24 bits per heavy atom. The number of benzene rings is 1. The fraction of sp³-hybridized carbons (Fsp3) is 0.375.